The molecule has 0 N–H and O–H groups in total. The smallest absolute Gasteiger partial charge is 1.00 e. The third-order valence-electron chi connectivity index (χ3n) is 0. The summed E-state index contributed by atoms with van der Waals surface area (Å²) in [7, 11) is 0. The molecular formula is H4ArClCsINa. The van der Waals surface area contributed by atoms with Crippen LogP contribution in [0.25, 0.3) is 0 Å². The molecule has 0 aromatic heterocycles. The Hall–Kier alpha value is 5.33. The van der Waals surface area contributed by atoms with Crippen molar-refractivity contribution in [3.63, 3.8) is 0 Å². The van der Waals surface area contributed by atoms with Gasteiger partial charge in [0.1, 0.15) is 0 Å². The van der Waals surface area contributed by atoms with Gasteiger partial charge in [0.15, 0.2) is 0 Å². The van der Waals surface area contributed by atoms with E-state index in [-0.39, 0.29) is 175 Å². The number of hydrogen-bond acceptors (Lipinski definition) is 0. The Kier molecular flexibility index (Phi) is 144. The zero-order valence-corrected chi connectivity index (χ0v) is 15.3. The molecule has 0 amide bonds. The van der Waals surface area contributed by atoms with Crippen molar-refractivity contribution in [1.29, 1.82) is 0 Å². The third kappa shape index (κ3) is 17.6. The first-order valence-electron chi connectivity index (χ1n) is 0. The van der Waals surface area contributed by atoms with Crippen LogP contribution in [0.5, 0.6) is 0 Å². The van der Waals surface area contributed by atoms with Crippen molar-refractivity contribution in [1.82, 2.24) is 0 Å². The van der Waals surface area contributed by atoms with Crippen LogP contribution in [0.15, 0.2) is 0 Å². The summed E-state index contributed by atoms with van der Waals surface area (Å²) in [4.78, 5) is 0. The van der Waals surface area contributed by atoms with Crippen LogP contribution in [-0.4, -0.2) is 0 Å². The summed E-state index contributed by atoms with van der Waals surface area (Å²) in [6, 6.07) is 0. The van der Waals surface area contributed by atoms with Crippen molar-refractivity contribution in [3.05, 3.63) is 0 Å². The zero-order valence-electron chi connectivity index (χ0n) is 5.17. The minimum absolute atomic E-state index is 0. The van der Waals surface area contributed by atoms with Crippen LogP contribution in [0.1, 0.15) is 2.85 Å². The van der Waals surface area contributed by atoms with E-state index in [1.807, 2.05) is 0 Å². The maximum Gasteiger partial charge on any atom is 1.00 e. The Morgan fingerprint density at radius 3 is 1.20 bits per heavy atom. The van der Waals surface area contributed by atoms with Gasteiger partial charge in [-0.05, 0) is 0 Å². The largest absolute Gasteiger partial charge is 1.00 e. The topological polar surface area (TPSA) is 0 Å². The molecule has 0 nitrogen and oxygen atoms in total. The van der Waals surface area contributed by atoms with Gasteiger partial charge in [-0.2, -0.15) is 0 Å². The van der Waals surface area contributed by atoms with E-state index in [4.69, 9.17) is 0 Å². The minimum Gasteiger partial charge on any atom is -1.00 e. The third-order valence-corrected chi connectivity index (χ3v) is 0. The van der Waals surface area contributed by atoms with Crippen LogP contribution in [0, 0.1) is 37.7 Å². The van der Waals surface area contributed by atoms with E-state index in [0.29, 0.717) is 0 Å². The Morgan fingerprint density at radius 2 is 1.20 bits per heavy atom. The van der Waals surface area contributed by atoms with E-state index in [0.717, 1.165) is 0 Å². The van der Waals surface area contributed by atoms with E-state index in [2.05, 4.69) is 0 Å². The summed E-state index contributed by atoms with van der Waals surface area (Å²) in [5, 5.41) is 0. The summed E-state index contributed by atoms with van der Waals surface area (Å²) in [5.74, 6) is 0. The molecule has 0 aliphatic heterocycles. The molecule has 0 saturated carbocycles. The van der Waals surface area contributed by atoms with Gasteiger partial charge in [0.2, 0.25) is 0 Å². The molecule has 0 radical (unpaired) electrons. The Labute approximate surface area is 169 Å². The maximum absolute atomic E-state index is 0. The van der Waals surface area contributed by atoms with Gasteiger partial charge in [-0.3, -0.25) is 0 Å². The number of rotatable bonds is 0. The molecule has 0 aromatic carbocycles. The second-order valence-corrected chi connectivity index (χ2v) is 0. The summed E-state index contributed by atoms with van der Waals surface area (Å²) in [6.07, 6.45) is 0. The molecule has 0 heterocycles. The molecule has 0 aromatic rings. The Bertz CT molecular complexity index is 17.7. The monoisotopic (exact) mass is 362 g/mol. The molecule has 0 spiro atoms. The van der Waals surface area contributed by atoms with Crippen molar-refractivity contribution >= 4 is 36.4 Å². The molecule has 0 fully saturated rings. The van der Waals surface area contributed by atoms with Crippen molar-refractivity contribution in [3.8, 4) is 0 Å². The van der Waals surface area contributed by atoms with Crippen molar-refractivity contribution in [2.24, 2.45) is 0 Å². The molecule has 0 saturated heterocycles. The molecule has 0 atom stereocenters. The number of halogens is 2. The molecule has 5 heteroatoms. The fraction of sp³-hybridized carbons (Fsp3) is 0. The molecule has 0 aliphatic carbocycles. The zero-order chi connectivity index (χ0) is 0. The standard InChI is InChI=1S/Ar.ClH.Cs.HI.Na.2H/h;1H;;1H;;;/q;;+1;;+1;2*-1. The van der Waals surface area contributed by atoms with Crippen LogP contribution >= 0.6 is 36.4 Å². The van der Waals surface area contributed by atoms with Gasteiger partial charge in [0.25, 0.3) is 0 Å². The first-order valence-corrected chi connectivity index (χ1v) is 0. The van der Waals surface area contributed by atoms with Gasteiger partial charge in [-0.25, -0.2) is 0 Å². The molecule has 0 rings (SSSR count). The normalized spacial score (nSPS) is 0. The van der Waals surface area contributed by atoms with Gasteiger partial charge < -0.3 is 2.85 Å². The van der Waals surface area contributed by atoms with Crippen LogP contribution in [-0.2, 0) is 0 Å². The first kappa shape index (κ1) is 31.6. The van der Waals surface area contributed by atoms with Crippen molar-refractivity contribution < 1.29 is 139 Å². The number of hydrogen-bond donors (Lipinski definition) is 0. The van der Waals surface area contributed by atoms with Crippen molar-refractivity contribution in [2.75, 3.05) is 0 Å². The van der Waals surface area contributed by atoms with Crippen LogP contribution in [0.2, 0.25) is 0 Å². The maximum atomic E-state index is 0. The summed E-state index contributed by atoms with van der Waals surface area (Å²) in [5.41, 5.74) is 0. The fourth-order valence-corrected chi connectivity index (χ4v) is 0. The van der Waals surface area contributed by atoms with Gasteiger partial charge in [0.05, 0.1) is 0 Å². The Balaban J connectivity index is 0. The van der Waals surface area contributed by atoms with Crippen LogP contribution < -0.4 is 98.5 Å². The van der Waals surface area contributed by atoms with Gasteiger partial charge >= 0.3 is 98.5 Å². The van der Waals surface area contributed by atoms with Crippen LogP contribution in [0.4, 0.5) is 0 Å². The molecule has 0 unspecified atom stereocenters. The average molecular weight is 362 g/mol. The molecule has 0 bridgehead atoms. The first-order chi connectivity index (χ1) is 0. The molecule has 28 valence electrons. The van der Waals surface area contributed by atoms with E-state index in [1.165, 1.54) is 0 Å². The second kappa shape index (κ2) is 22.8. The van der Waals surface area contributed by atoms with E-state index >= 15 is 0 Å². The van der Waals surface area contributed by atoms with E-state index in [1.54, 1.807) is 0 Å². The van der Waals surface area contributed by atoms with Crippen molar-refractivity contribution in [2.45, 2.75) is 0 Å². The fourth-order valence-electron chi connectivity index (χ4n) is 0. The Morgan fingerprint density at radius 1 is 1.20 bits per heavy atom. The summed E-state index contributed by atoms with van der Waals surface area (Å²) in [6.45, 7) is 0. The predicted molar refractivity (Wildman–Crippen MR) is 24.9 cm³/mol. The summed E-state index contributed by atoms with van der Waals surface area (Å²) >= 11 is 0. The van der Waals surface area contributed by atoms with E-state index in [9.17, 15) is 0 Å². The molecular weight excluding hydrogens is 358 g/mol. The SMILES string of the molecule is Cl.I.[Ar].[Cs+].[H-].[H-].[Na+]. The summed E-state index contributed by atoms with van der Waals surface area (Å²) < 4.78 is 0. The quantitative estimate of drug-likeness (QED) is 0.300. The van der Waals surface area contributed by atoms with Gasteiger partial charge in [-0.1, -0.05) is 0 Å². The average Bonchev–Trinajstić information content (AvgIpc) is 0. The second-order valence-electron chi connectivity index (χ2n) is 0. The molecule has 0 aliphatic rings. The predicted octanol–water partition coefficient (Wildman–Crippen LogP) is -4.73. The van der Waals surface area contributed by atoms with Gasteiger partial charge in [0, 0.05) is 37.7 Å². The van der Waals surface area contributed by atoms with Crippen LogP contribution in [0.3, 0.4) is 0 Å². The molecule has 5 heavy (non-hydrogen) atoms. The minimum atomic E-state index is 0. The van der Waals surface area contributed by atoms with Gasteiger partial charge in [-0.15, -0.1) is 36.4 Å². The van der Waals surface area contributed by atoms with E-state index < -0.39 is 0 Å².